The lowest BCUT2D eigenvalue weighted by atomic mass is 9.74. The Morgan fingerprint density at radius 2 is 1.20 bits per heavy atom. The number of aromatic amines is 2. The van der Waals surface area contributed by atoms with E-state index in [9.17, 15) is 9.59 Å². The minimum atomic E-state index is -0.537. The fourth-order valence-electron chi connectivity index (χ4n) is 4.99. The van der Waals surface area contributed by atoms with Crippen molar-refractivity contribution in [3.05, 3.63) is 138 Å². The number of Topliss-reactive ketones (excluding diaryl/α,β-unsaturated/α-hetero) is 1. The second-order valence-electron chi connectivity index (χ2n) is 8.93. The summed E-state index contributed by atoms with van der Waals surface area (Å²) in [5.41, 5.74) is 3.72. The lowest BCUT2D eigenvalue weighted by molar-refractivity contribution is -0.117. The fraction of sp³-hybridized carbons (Fsp3) is 0.133. The zero-order valence-corrected chi connectivity index (χ0v) is 22.4. The topological polar surface area (TPSA) is 121 Å². The van der Waals surface area contributed by atoms with Crippen molar-refractivity contribution < 1.29 is 9.59 Å². The molecule has 3 aromatic carbocycles. The molecule has 1 saturated heterocycles. The second kappa shape index (κ2) is 13.4. The highest BCUT2D eigenvalue weighted by Gasteiger charge is 2.44. The van der Waals surface area contributed by atoms with Crippen LogP contribution < -0.4 is 0 Å². The molecule has 5 aromatic rings. The normalized spacial score (nSPS) is 14.6. The first-order chi connectivity index (χ1) is 19.2. The first-order valence-electron chi connectivity index (χ1n) is 12.5. The fourth-order valence-corrected chi connectivity index (χ4v) is 4.99. The van der Waals surface area contributed by atoms with Gasteiger partial charge in [-0.25, -0.2) is 9.97 Å². The van der Waals surface area contributed by atoms with Gasteiger partial charge in [-0.3, -0.25) is 24.7 Å². The number of nitrogens with one attached hydrogen (secondary N) is 2. The molecule has 202 valence electrons. The Morgan fingerprint density at radius 1 is 0.725 bits per heavy atom. The molecule has 1 aliphatic rings. The van der Waals surface area contributed by atoms with Gasteiger partial charge in [-0.15, -0.1) is 12.4 Å². The Kier molecular flexibility index (Phi) is 9.45. The van der Waals surface area contributed by atoms with Crippen molar-refractivity contribution in [1.82, 2.24) is 35.3 Å². The first-order valence-corrected chi connectivity index (χ1v) is 12.5. The van der Waals surface area contributed by atoms with Crippen molar-refractivity contribution in [1.29, 1.82) is 0 Å². The van der Waals surface area contributed by atoms with E-state index in [-0.39, 0.29) is 24.0 Å². The van der Waals surface area contributed by atoms with E-state index in [0.29, 0.717) is 31.6 Å². The number of hydrogen-bond donors (Lipinski definition) is 2. The van der Waals surface area contributed by atoms with Crippen molar-refractivity contribution in [2.75, 3.05) is 13.1 Å². The van der Waals surface area contributed by atoms with Crippen LogP contribution >= 0.6 is 12.4 Å². The molecular formula is C30H28ClN7O2. The van der Waals surface area contributed by atoms with Crippen LogP contribution in [0.5, 0.6) is 0 Å². The van der Waals surface area contributed by atoms with Crippen molar-refractivity contribution in [3.8, 4) is 0 Å². The van der Waals surface area contributed by atoms with Crippen molar-refractivity contribution in [3.63, 3.8) is 0 Å². The molecule has 10 heteroatoms. The van der Waals surface area contributed by atoms with E-state index in [0.717, 1.165) is 5.57 Å². The van der Waals surface area contributed by atoms with Gasteiger partial charge in [0.1, 0.15) is 18.5 Å². The van der Waals surface area contributed by atoms with Crippen LogP contribution in [0.2, 0.25) is 0 Å². The summed E-state index contributed by atoms with van der Waals surface area (Å²) in [6, 6.07) is 31.7. The summed E-state index contributed by atoms with van der Waals surface area (Å²) in [5, 5.41) is 12.5. The molecule has 2 aromatic heterocycles. The number of H-pyrrole nitrogens is 2. The number of ketones is 1. The third-order valence-corrected chi connectivity index (χ3v) is 6.67. The molecule has 40 heavy (non-hydrogen) atoms. The van der Waals surface area contributed by atoms with Gasteiger partial charge in [0.2, 0.25) is 0 Å². The number of benzene rings is 3. The number of rotatable bonds is 6. The molecule has 0 spiro atoms. The van der Waals surface area contributed by atoms with Gasteiger partial charge in [-0.2, -0.15) is 10.2 Å². The van der Waals surface area contributed by atoms with E-state index in [1.165, 1.54) is 29.3 Å². The van der Waals surface area contributed by atoms with Gasteiger partial charge < -0.3 is 0 Å². The van der Waals surface area contributed by atoms with E-state index in [1.54, 1.807) is 0 Å². The Morgan fingerprint density at radius 3 is 1.60 bits per heavy atom. The van der Waals surface area contributed by atoms with Gasteiger partial charge >= 0.3 is 0 Å². The molecule has 0 amide bonds. The van der Waals surface area contributed by atoms with Crippen LogP contribution in [0, 0.1) is 0 Å². The lowest BCUT2D eigenvalue weighted by Crippen LogP contribution is -2.52. The second-order valence-corrected chi connectivity index (χ2v) is 8.93. The zero-order valence-electron chi connectivity index (χ0n) is 21.6. The number of carbonyl (C=O) groups is 2. The molecule has 6 rings (SSSR count). The molecular weight excluding hydrogens is 526 g/mol. The number of nitrogens with zero attached hydrogens (tertiary/aromatic N) is 5. The van der Waals surface area contributed by atoms with Gasteiger partial charge in [0, 0.05) is 25.1 Å². The number of aromatic nitrogens is 6. The van der Waals surface area contributed by atoms with Crippen LogP contribution in [0.1, 0.15) is 39.6 Å². The summed E-state index contributed by atoms with van der Waals surface area (Å²) in [6.07, 6.45) is 5.62. The number of hydrogen-bond acceptors (Lipinski definition) is 7. The van der Waals surface area contributed by atoms with Gasteiger partial charge in [-0.1, -0.05) is 91.0 Å². The lowest BCUT2D eigenvalue weighted by Gasteiger charge is -2.47. The van der Waals surface area contributed by atoms with Crippen molar-refractivity contribution >= 4 is 30.6 Å². The third-order valence-electron chi connectivity index (χ3n) is 6.67. The molecule has 3 heterocycles. The minimum absolute atomic E-state index is 0. The molecule has 0 saturated carbocycles. The van der Waals surface area contributed by atoms with Crippen LogP contribution in [-0.2, 0) is 10.3 Å². The SMILES string of the molecule is Cl.O=C1CCN(C(c2ccccc2)(c2ccccc2)c2ccccc2)C/C1=C\c1ncn[nH]1.O=Cc1ncn[nH]1. The summed E-state index contributed by atoms with van der Waals surface area (Å²) in [7, 11) is 0. The smallest absolute Gasteiger partial charge is 0.188 e. The summed E-state index contributed by atoms with van der Waals surface area (Å²) >= 11 is 0. The predicted molar refractivity (Wildman–Crippen MR) is 154 cm³/mol. The number of piperidine rings is 1. The summed E-state index contributed by atoms with van der Waals surface area (Å²) < 4.78 is 0. The largest absolute Gasteiger partial charge is 0.294 e. The quantitative estimate of drug-likeness (QED) is 0.180. The van der Waals surface area contributed by atoms with E-state index in [1.807, 2.05) is 24.3 Å². The van der Waals surface area contributed by atoms with E-state index in [4.69, 9.17) is 0 Å². The van der Waals surface area contributed by atoms with Crippen molar-refractivity contribution in [2.45, 2.75) is 12.0 Å². The van der Waals surface area contributed by atoms with Gasteiger partial charge in [0.25, 0.3) is 0 Å². The van der Waals surface area contributed by atoms with Gasteiger partial charge in [-0.05, 0) is 22.8 Å². The summed E-state index contributed by atoms with van der Waals surface area (Å²) in [6.45, 7) is 1.17. The van der Waals surface area contributed by atoms with Gasteiger partial charge in [0.05, 0.1) is 5.54 Å². The molecule has 0 radical (unpaired) electrons. The maximum atomic E-state index is 12.8. The molecule has 9 nitrogen and oxygen atoms in total. The van der Waals surface area contributed by atoms with E-state index in [2.05, 4.69) is 108 Å². The molecule has 0 bridgehead atoms. The molecule has 1 aliphatic heterocycles. The summed E-state index contributed by atoms with van der Waals surface area (Å²) in [4.78, 5) is 32.7. The van der Waals surface area contributed by atoms with Crippen LogP contribution in [-0.4, -0.2) is 60.4 Å². The standard InChI is InChI=1S/C27H24N4O.C3H3N3O.ClH/c32-25-16-17-31(19-21(25)18-26-28-20-29-30-26)27(22-10-4-1-5-11-22,23-12-6-2-7-13-23)24-14-8-3-9-15-24;7-1-3-4-2-5-6-3;/h1-15,18,20H,16-17,19H2,(H,28,29,30);1-2H,(H,4,5,6);1H/b21-18+;;. The Bertz CT molecular complexity index is 1410. The predicted octanol–water partition coefficient (Wildman–Crippen LogP) is 4.49. The van der Waals surface area contributed by atoms with Crippen molar-refractivity contribution in [2.24, 2.45) is 0 Å². The van der Waals surface area contributed by atoms with Crippen LogP contribution in [0.3, 0.4) is 0 Å². The Hall–Kier alpha value is -4.73. The first kappa shape index (κ1) is 28.3. The van der Waals surface area contributed by atoms with E-state index < -0.39 is 5.54 Å². The molecule has 0 unspecified atom stereocenters. The average molecular weight is 554 g/mol. The Labute approximate surface area is 237 Å². The molecule has 0 aliphatic carbocycles. The molecule has 0 atom stereocenters. The monoisotopic (exact) mass is 553 g/mol. The van der Waals surface area contributed by atoms with Crippen LogP contribution in [0.15, 0.2) is 109 Å². The van der Waals surface area contributed by atoms with Crippen LogP contribution in [0.4, 0.5) is 0 Å². The minimum Gasteiger partial charge on any atom is -0.294 e. The summed E-state index contributed by atoms with van der Waals surface area (Å²) in [5.74, 6) is 1.01. The third kappa shape index (κ3) is 5.96. The number of aldehydes is 1. The number of halogens is 1. The maximum Gasteiger partial charge on any atom is 0.188 e. The number of carbonyl (C=O) groups excluding carboxylic acids is 2. The average Bonchev–Trinajstić information content (AvgIpc) is 3.72. The zero-order chi connectivity index (χ0) is 26.9. The number of likely N-dealkylation sites (tertiary alicyclic amines) is 1. The Balaban J connectivity index is 0.000000405. The maximum absolute atomic E-state index is 12.8. The van der Waals surface area contributed by atoms with Crippen LogP contribution in [0.25, 0.3) is 6.08 Å². The highest BCUT2D eigenvalue weighted by atomic mass is 35.5. The molecule has 2 N–H and O–H groups in total. The molecule has 1 fully saturated rings. The highest BCUT2D eigenvalue weighted by molar-refractivity contribution is 6.00. The van der Waals surface area contributed by atoms with Gasteiger partial charge in [0.15, 0.2) is 17.9 Å². The highest BCUT2D eigenvalue weighted by Crippen LogP contribution is 2.43. The van der Waals surface area contributed by atoms with E-state index >= 15 is 0 Å².